The molecule has 0 radical (unpaired) electrons. The zero-order chi connectivity index (χ0) is 21.0. The number of nitrogens with one attached hydrogen (secondary N) is 1. The molecule has 0 atom stereocenters. The van der Waals surface area contributed by atoms with Crippen LogP contribution in [0.1, 0.15) is 37.7 Å². The summed E-state index contributed by atoms with van der Waals surface area (Å²) in [4.78, 5) is 41.5. The molecule has 0 unspecified atom stereocenters. The molecule has 0 saturated heterocycles. The number of aromatic nitrogens is 2. The molecule has 1 heterocycles. The van der Waals surface area contributed by atoms with E-state index in [1.165, 1.54) is 37.2 Å². The van der Waals surface area contributed by atoms with E-state index in [1.807, 2.05) is 0 Å². The van der Waals surface area contributed by atoms with E-state index >= 15 is 0 Å². The maximum Gasteiger partial charge on any atom is 0.330 e. The number of amides is 1. The molecule has 8 heteroatoms. The molecule has 29 heavy (non-hydrogen) atoms. The summed E-state index contributed by atoms with van der Waals surface area (Å²) < 4.78 is 2.46. The molecule has 1 amide bonds. The van der Waals surface area contributed by atoms with Crippen LogP contribution in [-0.2, 0) is 25.3 Å². The predicted molar refractivity (Wildman–Crippen MR) is 118 cm³/mol. The highest BCUT2D eigenvalue weighted by atomic mass is 32.1. The van der Waals surface area contributed by atoms with E-state index in [-0.39, 0.29) is 12.3 Å². The lowest BCUT2D eigenvalue weighted by Crippen LogP contribution is -2.37. The minimum atomic E-state index is -0.405. The van der Waals surface area contributed by atoms with E-state index in [1.54, 1.807) is 30.7 Å². The third-order valence-corrected chi connectivity index (χ3v) is 5.79. The van der Waals surface area contributed by atoms with Crippen molar-refractivity contribution in [2.24, 2.45) is 25.0 Å². The van der Waals surface area contributed by atoms with Gasteiger partial charge in [0.05, 0.1) is 29.4 Å². The van der Waals surface area contributed by atoms with Crippen molar-refractivity contribution in [2.45, 2.75) is 38.5 Å². The van der Waals surface area contributed by atoms with Crippen LogP contribution < -0.4 is 16.6 Å². The van der Waals surface area contributed by atoms with Crippen molar-refractivity contribution in [3.8, 4) is 0 Å². The highest BCUT2D eigenvalue weighted by Gasteiger charge is 2.17. The van der Waals surface area contributed by atoms with E-state index in [2.05, 4.69) is 22.9 Å². The Morgan fingerprint density at radius 2 is 1.93 bits per heavy atom. The van der Waals surface area contributed by atoms with Crippen LogP contribution in [0.3, 0.4) is 0 Å². The molecular weight excluding hydrogens is 388 g/mol. The molecule has 1 aliphatic carbocycles. The van der Waals surface area contributed by atoms with E-state index < -0.39 is 11.2 Å². The Balaban J connectivity index is 1.77. The molecule has 1 aliphatic rings. The van der Waals surface area contributed by atoms with E-state index in [0.717, 1.165) is 23.1 Å². The number of fused-ring (bicyclic) bond motifs is 1. The Morgan fingerprint density at radius 1 is 1.21 bits per heavy atom. The van der Waals surface area contributed by atoms with Crippen molar-refractivity contribution >= 4 is 35.8 Å². The van der Waals surface area contributed by atoms with Gasteiger partial charge in [0, 0.05) is 20.0 Å². The average molecular weight is 415 g/mol. The third kappa shape index (κ3) is 4.53. The van der Waals surface area contributed by atoms with Gasteiger partial charge in [-0.1, -0.05) is 31.4 Å². The van der Waals surface area contributed by atoms with Crippen LogP contribution in [-0.4, -0.2) is 21.4 Å². The van der Waals surface area contributed by atoms with Gasteiger partial charge in [0.2, 0.25) is 5.91 Å². The first-order chi connectivity index (χ1) is 13.9. The first kappa shape index (κ1) is 21.1. The number of aliphatic imine (C=N–C) groups is 1. The summed E-state index contributed by atoms with van der Waals surface area (Å²) in [5, 5.41) is 4.76. The van der Waals surface area contributed by atoms with Crippen LogP contribution in [0.15, 0.2) is 43.9 Å². The lowest BCUT2D eigenvalue weighted by atomic mass is 9.87. The number of carbonyl (C=O) groups excluding carboxylic acids is 1. The second kappa shape index (κ2) is 9.26. The number of allylic oxidation sites excluding steroid dienone is 1. The molecule has 2 aromatic rings. The first-order valence-electron chi connectivity index (χ1n) is 9.77. The van der Waals surface area contributed by atoms with Gasteiger partial charge in [-0.2, -0.15) is 0 Å². The lowest BCUT2D eigenvalue weighted by Gasteiger charge is -2.21. The Labute approximate surface area is 174 Å². The number of hydrogen-bond donors (Lipinski definition) is 2. The molecule has 1 saturated carbocycles. The minimum absolute atomic E-state index is 0.0140. The number of hydrogen-bond acceptors (Lipinski definition) is 5. The topological polar surface area (TPSA) is 85.5 Å². The van der Waals surface area contributed by atoms with Crippen LogP contribution >= 0.6 is 12.6 Å². The van der Waals surface area contributed by atoms with E-state index in [9.17, 15) is 14.4 Å². The number of carbonyl (C=O) groups is 1. The fraction of sp³-hybridized carbons (Fsp3) is 0.429. The maximum atomic E-state index is 12.6. The second-order valence-electron chi connectivity index (χ2n) is 7.41. The molecule has 0 aliphatic heterocycles. The molecule has 1 fully saturated rings. The van der Waals surface area contributed by atoms with Crippen LogP contribution in [0, 0.1) is 5.92 Å². The molecular formula is C21H26N4O3S. The monoisotopic (exact) mass is 414 g/mol. The number of nitrogens with zero attached hydrogens (tertiary/aromatic N) is 3. The highest BCUT2D eigenvalue weighted by Crippen LogP contribution is 2.30. The van der Waals surface area contributed by atoms with Crippen LogP contribution in [0.2, 0.25) is 0 Å². The first-order valence-corrected chi connectivity index (χ1v) is 10.3. The Bertz CT molecular complexity index is 1090. The van der Waals surface area contributed by atoms with Crippen molar-refractivity contribution < 1.29 is 4.79 Å². The number of rotatable bonds is 5. The standard InChI is InChI=1S/C21H26N4O3S/c1-24-17-10-6-9-15(19(17)20(27)25(2)21(24)28)11-18(26)23-13-22-16(12-29)14-7-4-3-5-8-14/h6,9-10,12-14,29H,3-5,7-8,11H2,1-2H3,(H,22,23,26)/b16-12-. The summed E-state index contributed by atoms with van der Waals surface area (Å²) >= 11 is 4.26. The quantitative estimate of drug-likeness (QED) is 0.447. The van der Waals surface area contributed by atoms with E-state index in [0.29, 0.717) is 22.4 Å². The predicted octanol–water partition coefficient (Wildman–Crippen LogP) is 2.28. The molecule has 1 aromatic carbocycles. The Kier molecular flexibility index (Phi) is 6.74. The van der Waals surface area contributed by atoms with Gasteiger partial charge >= 0.3 is 5.69 Å². The van der Waals surface area contributed by atoms with Gasteiger partial charge in [0.25, 0.3) is 5.56 Å². The molecule has 3 rings (SSSR count). The average Bonchev–Trinajstić information content (AvgIpc) is 2.74. The summed E-state index contributed by atoms with van der Waals surface area (Å²) in [6, 6.07) is 5.17. The molecule has 1 N–H and O–H groups in total. The molecule has 0 spiro atoms. The summed E-state index contributed by atoms with van der Waals surface area (Å²) in [7, 11) is 3.04. The summed E-state index contributed by atoms with van der Waals surface area (Å²) in [6.07, 6.45) is 7.24. The van der Waals surface area contributed by atoms with Gasteiger partial charge < -0.3 is 5.32 Å². The number of thiol groups is 1. The van der Waals surface area contributed by atoms with Crippen LogP contribution in [0.5, 0.6) is 0 Å². The van der Waals surface area contributed by atoms with Crippen molar-refractivity contribution in [2.75, 3.05) is 0 Å². The number of aryl methyl sites for hydroxylation is 1. The Hall–Kier alpha value is -2.61. The largest absolute Gasteiger partial charge is 0.330 e. The van der Waals surface area contributed by atoms with Crippen molar-refractivity contribution in [1.29, 1.82) is 0 Å². The van der Waals surface area contributed by atoms with Gasteiger partial charge in [-0.05, 0) is 29.9 Å². The summed E-state index contributed by atoms with van der Waals surface area (Å²) in [5.74, 6) is 0.107. The second-order valence-corrected chi connectivity index (χ2v) is 7.67. The molecule has 0 bridgehead atoms. The van der Waals surface area contributed by atoms with Crippen molar-refractivity contribution in [1.82, 2.24) is 14.5 Å². The van der Waals surface area contributed by atoms with Gasteiger partial charge in [0.1, 0.15) is 0 Å². The molecule has 154 valence electrons. The summed E-state index contributed by atoms with van der Waals surface area (Å²) in [5.41, 5.74) is 1.15. The molecule has 1 aromatic heterocycles. The fourth-order valence-electron chi connectivity index (χ4n) is 3.89. The van der Waals surface area contributed by atoms with Gasteiger partial charge in [-0.15, -0.1) is 12.6 Å². The van der Waals surface area contributed by atoms with Gasteiger partial charge in [-0.3, -0.25) is 18.7 Å². The smallest absolute Gasteiger partial charge is 0.317 e. The van der Waals surface area contributed by atoms with E-state index in [4.69, 9.17) is 0 Å². The zero-order valence-corrected chi connectivity index (χ0v) is 17.6. The maximum absolute atomic E-state index is 12.6. The van der Waals surface area contributed by atoms with Gasteiger partial charge in [-0.25, -0.2) is 9.79 Å². The van der Waals surface area contributed by atoms with Gasteiger partial charge in [0.15, 0.2) is 0 Å². The number of benzene rings is 1. The van der Waals surface area contributed by atoms with Crippen molar-refractivity contribution in [3.05, 3.63) is 55.7 Å². The van der Waals surface area contributed by atoms with Crippen LogP contribution in [0.25, 0.3) is 10.9 Å². The summed E-state index contributed by atoms with van der Waals surface area (Å²) in [6.45, 7) is 0. The normalized spacial score (nSPS) is 15.9. The minimum Gasteiger partial charge on any atom is -0.317 e. The Morgan fingerprint density at radius 3 is 2.62 bits per heavy atom. The third-order valence-electron chi connectivity index (χ3n) is 5.53. The SMILES string of the molecule is Cn1c(=O)c2c(CC(=O)NC=N/C(=C\S)C3CCCCC3)cccc2n(C)c1=O. The van der Waals surface area contributed by atoms with Crippen molar-refractivity contribution in [3.63, 3.8) is 0 Å². The fourth-order valence-corrected chi connectivity index (χ4v) is 4.17. The highest BCUT2D eigenvalue weighted by molar-refractivity contribution is 7.83. The zero-order valence-electron chi connectivity index (χ0n) is 16.7. The lowest BCUT2D eigenvalue weighted by molar-refractivity contribution is -0.118. The molecule has 7 nitrogen and oxygen atoms in total. The van der Waals surface area contributed by atoms with Crippen LogP contribution in [0.4, 0.5) is 0 Å².